The Labute approximate surface area is 106 Å². The Morgan fingerprint density at radius 3 is 2.83 bits per heavy atom. The molecule has 4 heteroatoms. The van der Waals surface area contributed by atoms with Gasteiger partial charge >= 0.3 is 0 Å². The van der Waals surface area contributed by atoms with Gasteiger partial charge in [-0.25, -0.2) is 9.37 Å². The number of nitrogens with zero attached hydrogens (tertiary/aromatic N) is 2. The SMILES string of the molecule is CN(CCc1cccc(N)c1)c1ncccc1F. The molecule has 0 amide bonds. The predicted octanol–water partition coefficient (Wildman–Crippen LogP) is 2.48. The number of halogens is 1. The van der Waals surface area contributed by atoms with Crippen LogP contribution in [-0.2, 0) is 6.42 Å². The number of hydrogen-bond donors (Lipinski definition) is 1. The third-order valence-corrected chi connectivity index (χ3v) is 2.79. The van der Waals surface area contributed by atoms with Gasteiger partial charge in [-0.05, 0) is 36.2 Å². The van der Waals surface area contributed by atoms with Gasteiger partial charge in [0.1, 0.15) is 0 Å². The summed E-state index contributed by atoms with van der Waals surface area (Å²) in [7, 11) is 1.83. The zero-order valence-corrected chi connectivity index (χ0v) is 10.3. The van der Waals surface area contributed by atoms with E-state index < -0.39 is 0 Å². The molecule has 0 unspecified atom stereocenters. The fourth-order valence-electron chi connectivity index (χ4n) is 1.81. The van der Waals surface area contributed by atoms with Crippen molar-refractivity contribution in [2.75, 3.05) is 24.2 Å². The molecule has 1 aromatic heterocycles. The molecule has 94 valence electrons. The Morgan fingerprint density at radius 1 is 1.28 bits per heavy atom. The van der Waals surface area contributed by atoms with E-state index in [0.29, 0.717) is 12.4 Å². The summed E-state index contributed by atoms with van der Waals surface area (Å²) in [5.41, 5.74) is 7.60. The fourth-order valence-corrected chi connectivity index (χ4v) is 1.81. The predicted molar refractivity (Wildman–Crippen MR) is 72.0 cm³/mol. The number of aromatic nitrogens is 1. The Morgan fingerprint density at radius 2 is 2.11 bits per heavy atom. The molecule has 0 saturated carbocycles. The Hall–Kier alpha value is -2.10. The number of pyridine rings is 1. The van der Waals surface area contributed by atoms with Crippen LogP contribution in [0.25, 0.3) is 0 Å². The highest BCUT2D eigenvalue weighted by Gasteiger charge is 2.07. The van der Waals surface area contributed by atoms with Crippen molar-refractivity contribution in [2.24, 2.45) is 0 Å². The molecule has 3 nitrogen and oxygen atoms in total. The van der Waals surface area contributed by atoms with Crippen LogP contribution in [0.15, 0.2) is 42.6 Å². The first kappa shape index (κ1) is 12.4. The van der Waals surface area contributed by atoms with Gasteiger partial charge in [-0.15, -0.1) is 0 Å². The average Bonchev–Trinajstić information content (AvgIpc) is 2.37. The molecule has 1 aromatic carbocycles. The molecule has 2 N–H and O–H groups in total. The van der Waals surface area contributed by atoms with Crippen molar-refractivity contribution in [3.05, 3.63) is 54.0 Å². The molecule has 0 spiro atoms. The standard InChI is InChI=1S/C14H16FN3/c1-18(14-13(15)6-3-8-17-14)9-7-11-4-2-5-12(16)10-11/h2-6,8,10H,7,9,16H2,1H3. The maximum absolute atomic E-state index is 13.5. The normalized spacial score (nSPS) is 10.3. The Balaban J connectivity index is 2.00. The largest absolute Gasteiger partial charge is 0.399 e. The lowest BCUT2D eigenvalue weighted by atomic mass is 10.1. The minimum absolute atomic E-state index is 0.299. The number of anilines is 2. The van der Waals surface area contributed by atoms with Crippen molar-refractivity contribution in [3.8, 4) is 0 Å². The zero-order chi connectivity index (χ0) is 13.0. The van der Waals surface area contributed by atoms with Crippen molar-refractivity contribution in [2.45, 2.75) is 6.42 Å². The lowest BCUT2D eigenvalue weighted by Gasteiger charge is -2.18. The summed E-state index contributed by atoms with van der Waals surface area (Å²) in [6.07, 6.45) is 2.40. The van der Waals surface area contributed by atoms with Crippen LogP contribution in [-0.4, -0.2) is 18.6 Å². The van der Waals surface area contributed by atoms with Crippen LogP contribution in [0.4, 0.5) is 15.9 Å². The van der Waals surface area contributed by atoms with Crippen LogP contribution in [0.3, 0.4) is 0 Å². The highest BCUT2D eigenvalue weighted by Crippen LogP contribution is 2.14. The van der Waals surface area contributed by atoms with Crippen LogP contribution < -0.4 is 10.6 Å². The van der Waals surface area contributed by atoms with E-state index in [4.69, 9.17) is 5.73 Å². The molecule has 18 heavy (non-hydrogen) atoms. The van der Waals surface area contributed by atoms with E-state index in [9.17, 15) is 4.39 Å². The molecule has 0 fully saturated rings. The molecule has 2 aromatic rings. The van der Waals surface area contributed by atoms with Crippen LogP contribution in [0.1, 0.15) is 5.56 Å². The number of nitrogen functional groups attached to an aromatic ring is 1. The minimum atomic E-state index is -0.299. The van der Waals surface area contributed by atoms with Crippen LogP contribution in [0.5, 0.6) is 0 Å². The number of nitrogens with two attached hydrogens (primary N) is 1. The van der Waals surface area contributed by atoms with Crippen molar-refractivity contribution < 1.29 is 4.39 Å². The molecule has 0 aliphatic heterocycles. The monoisotopic (exact) mass is 245 g/mol. The van der Waals surface area contributed by atoms with Gasteiger partial charge in [0.05, 0.1) is 0 Å². The van der Waals surface area contributed by atoms with Gasteiger partial charge in [-0.2, -0.15) is 0 Å². The molecule has 0 radical (unpaired) electrons. The summed E-state index contributed by atoms with van der Waals surface area (Å²) >= 11 is 0. The van der Waals surface area contributed by atoms with Gasteiger partial charge < -0.3 is 10.6 Å². The number of benzene rings is 1. The topological polar surface area (TPSA) is 42.1 Å². The van der Waals surface area contributed by atoms with Crippen molar-refractivity contribution in [1.82, 2.24) is 4.98 Å². The third-order valence-electron chi connectivity index (χ3n) is 2.79. The fraction of sp³-hybridized carbons (Fsp3) is 0.214. The minimum Gasteiger partial charge on any atom is -0.399 e. The smallest absolute Gasteiger partial charge is 0.165 e. The van der Waals surface area contributed by atoms with E-state index in [2.05, 4.69) is 4.98 Å². The second-order valence-corrected chi connectivity index (χ2v) is 4.23. The Kier molecular flexibility index (Phi) is 3.77. The number of rotatable bonds is 4. The van der Waals surface area contributed by atoms with Gasteiger partial charge in [-0.1, -0.05) is 12.1 Å². The summed E-state index contributed by atoms with van der Waals surface area (Å²) in [5.74, 6) is 0.0778. The third kappa shape index (κ3) is 2.97. The molecular weight excluding hydrogens is 229 g/mol. The second kappa shape index (κ2) is 5.49. The van der Waals surface area contributed by atoms with E-state index in [1.165, 1.54) is 6.07 Å². The average molecular weight is 245 g/mol. The van der Waals surface area contributed by atoms with E-state index in [1.54, 1.807) is 17.2 Å². The molecular formula is C14H16FN3. The number of likely N-dealkylation sites (N-methyl/N-ethyl adjacent to an activating group) is 1. The van der Waals surface area contributed by atoms with E-state index in [0.717, 1.165) is 17.7 Å². The molecule has 0 aliphatic carbocycles. The van der Waals surface area contributed by atoms with E-state index in [1.807, 2.05) is 31.3 Å². The van der Waals surface area contributed by atoms with Gasteiger partial charge in [-0.3, -0.25) is 0 Å². The maximum Gasteiger partial charge on any atom is 0.165 e. The molecule has 0 aliphatic rings. The second-order valence-electron chi connectivity index (χ2n) is 4.23. The zero-order valence-electron chi connectivity index (χ0n) is 10.3. The highest BCUT2D eigenvalue weighted by atomic mass is 19.1. The number of hydrogen-bond acceptors (Lipinski definition) is 3. The van der Waals surface area contributed by atoms with Crippen LogP contribution >= 0.6 is 0 Å². The summed E-state index contributed by atoms with van der Waals surface area (Å²) in [4.78, 5) is 5.84. The van der Waals surface area contributed by atoms with E-state index >= 15 is 0 Å². The lowest BCUT2D eigenvalue weighted by molar-refractivity contribution is 0.615. The molecule has 2 rings (SSSR count). The quantitative estimate of drug-likeness (QED) is 0.841. The summed E-state index contributed by atoms with van der Waals surface area (Å²) < 4.78 is 13.5. The van der Waals surface area contributed by atoms with Gasteiger partial charge in [0.15, 0.2) is 11.6 Å². The van der Waals surface area contributed by atoms with Gasteiger partial charge in [0, 0.05) is 25.5 Å². The van der Waals surface area contributed by atoms with Gasteiger partial charge in [0.2, 0.25) is 0 Å². The molecule has 0 bridgehead atoms. The molecule has 1 heterocycles. The Bertz CT molecular complexity index is 528. The summed E-state index contributed by atoms with van der Waals surface area (Å²) in [6.45, 7) is 0.692. The van der Waals surface area contributed by atoms with Crippen molar-refractivity contribution in [3.63, 3.8) is 0 Å². The molecule has 0 atom stereocenters. The first-order valence-electron chi connectivity index (χ1n) is 5.83. The highest BCUT2D eigenvalue weighted by molar-refractivity contribution is 5.42. The first-order chi connectivity index (χ1) is 8.66. The summed E-state index contributed by atoms with van der Waals surface area (Å²) in [5, 5.41) is 0. The van der Waals surface area contributed by atoms with Gasteiger partial charge in [0.25, 0.3) is 0 Å². The molecule has 0 saturated heterocycles. The van der Waals surface area contributed by atoms with Crippen molar-refractivity contribution >= 4 is 11.5 Å². The van der Waals surface area contributed by atoms with Crippen LogP contribution in [0.2, 0.25) is 0 Å². The van der Waals surface area contributed by atoms with Crippen LogP contribution in [0, 0.1) is 5.82 Å². The van der Waals surface area contributed by atoms with E-state index in [-0.39, 0.29) is 5.82 Å². The first-order valence-corrected chi connectivity index (χ1v) is 5.83. The van der Waals surface area contributed by atoms with Crippen molar-refractivity contribution in [1.29, 1.82) is 0 Å². The maximum atomic E-state index is 13.5. The lowest BCUT2D eigenvalue weighted by Crippen LogP contribution is -2.22. The summed E-state index contributed by atoms with van der Waals surface area (Å²) in [6, 6.07) is 10.7.